The van der Waals surface area contributed by atoms with Crippen molar-refractivity contribution in [2.24, 2.45) is 0 Å². The Morgan fingerprint density at radius 1 is 1.08 bits per heavy atom. The zero-order chi connectivity index (χ0) is 16.4. The molecule has 122 valence electrons. The van der Waals surface area contributed by atoms with E-state index < -0.39 is 0 Å². The molecule has 24 heavy (non-hydrogen) atoms. The largest absolute Gasteiger partial charge is 0.497 e. The van der Waals surface area contributed by atoms with Crippen LogP contribution in [-0.4, -0.2) is 12.1 Å². The summed E-state index contributed by atoms with van der Waals surface area (Å²) in [6.45, 7) is 4.15. The molecule has 0 amide bonds. The lowest BCUT2D eigenvalue weighted by Crippen LogP contribution is -1.98. The number of ether oxygens (including phenoxy) is 1. The summed E-state index contributed by atoms with van der Waals surface area (Å²) in [6.07, 6.45) is 1.59. The van der Waals surface area contributed by atoms with Crippen molar-refractivity contribution in [3.05, 3.63) is 59.3 Å². The summed E-state index contributed by atoms with van der Waals surface area (Å²) in [6, 6.07) is 14.0. The topological polar surface area (TPSA) is 57.9 Å². The third kappa shape index (κ3) is 3.27. The van der Waals surface area contributed by atoms with Gasteiger partial charge in [-0.1, -0.05) is 6.07 Å². The van der Waals surface area contributed by atoms with Crippen LogP contribution in [0.15, 0.2) is 42.6 Å². The lowest BCUT2D eigenvalue weighted by Gasteiger charge is -2.13. The third-order valence-corrected chi connectivity index (χ3v) is 3.97. The number of fused-ring (bicyclic) bond motifs is 1. The average Bonchev–Trinajstić information content (AvgIpc) is 2.58. The molecule has 3 rings (SSSR count). The maximum absolute atomic E-state index is 9.40. The Labute approximate surface area is 147 Å². The van der Waals surface area contributed by atoms with E-state index in [1.54, 1.807) is 13.3 Å². The first-order valence-electron chi connectivity index (χ1n) is 7.33. The second-order valence-corrected chi connectivity index (χ2v) is 5.47. The van der Waals surface area contributed by atoms with Crippen LogP contribution in [0.3, 0.4) is 0 Å². The summed E-state index contributed by atoms with van der Waals surface area (Å²) in [5, 5.41) is 13.7. The fourth-order valence-corrected chi connectivity index (χ4v) is 2.48. The number of methoxy groups -OCH3 is 1. The number of rotatable bonds is 3. The van der Waals surface area contributed by atoms with Crippen molar-refractivity contribution in [3.8, 4) is 11.8 Å². The highest BCUT2D eigenvalue weighted by Crippen LogP contribution is 2.31. The highest BCUT2D eigenvalue weighted by atomic mass is 35.5. The minimum atomic E-state index is 0. The Kier molecular flexibility index (Phi) is 5.28. The van der Waals surface area contributed by atoms with Crippen LogP contribution >= 0.6 is 12.4 Å². The van der Waals surface area contributed by atoms with Gasteiger partial charge in [0.2, 0.25) is 0 Å². The number of aryl methyl sites for hydroxylation is 2. The first-order valence-corrected chi connectivity index (χ1v) is 7.33. The van der Waals surface area contributed by atoms with Crippen LogP contribution in [0.1, 0.15) is 16.7 Å². The van der Waals surface area contributed by atoms with Crippen LogP contribution in [0.2, 0.25) is 0 Å². The van der Waals surface area contributed by atoms with Gasteiger partial charge in [0, 0.05) is 23.3 Å². The molecule has 0 radical (unpaired) electrons. The molecular formula is C19H18ClN3O. The number of benzene rings is 2. The fourth-order valence-electron chi connectivity index (χ4n) is 2.48. The highest BCUT2D eigenvalue weighted by molar-refractivity contribution is 5.96. The van der Waals surface area contributed by atoms with Crippen molar-refractivity contribution in [1.82, 2.24) is 4.98 Å². The Morgan fingerprint density at radius 2 is 1.88 bits per heavy atom. The van der Waals surface area contributed by atoms with Gasteiger partial charge in [0.1, 0.15) is 11.8 Å². The molecular weight excluding hydrogens is 322 g/mol. The number of aromatic nitrogens is 1. The van der Waals surface area contributed by atoms with Gasteiger partial charge < -0.3 is 10.1 Å². The van der Waals surface area contributed by atoms with Gasteiger partial charge in [0.05, 0.1) is 23.9 Å². The minimum Gasteiger partial charge on any atom is -0.497 e. The third-order valence-electron chi connectivity index (χ3n) is 3.97. The first kappa shape index (κ1) is 17.6. The number of pyridine rings is 1. The summed E-state index contributed by atoms with van der Waals surface area (Å²) in [5.41, 5.74) is 5.46. The number of nitrogens with one attached hydrogen (secondary N) is 1. The van der Waals surface area contributed by atoms with Gasteiger partial charge in [-0.25, -0.2) is 0 Å². The van der Waals surface area contributed by atoms with E-state index in [0.717, 1.165) is 28.0 Å². The molecule has 0 aliphatic heterocycles. The molecule has 1 heterocycles. The van der Waals surface area contributed by atoms with Gasteiger partial charge in [-0.05, 0) is 49.2 Å². The summed E-state index contributed by atoms with van der Waals surface area (Å²) in [4.78, 5) is 4.35. The first-order chi connectivity index (χ1) is 11.1. The molecule has 0 bridgehead atoms. The van der Waals surface area contributed by atoms with E-state index in [1.807, 2.05) is 24.3 Å². The summed E-state index contributed by atoms with van der Waals surface area (Å²) >= 11 is 0. The Balaban J connectivity index is 0.00000208. The van der Waals surface area contributed by atoms with Crippen LogP contribution in [0.5, 0.6) is 5.75 Å². The predicted octanol–water partition coefficient (Wildman–Crippen LogP) is 4.90. The van der Waals surface area contributed by atoms with E-state index in [-0.39, 0.29) is 12.4 Å². The Morgan fingerprint density at radius 3 is 2.54 bits per heavy atom. The fraction of sp³-hybridized carbons (Fsp3) is 0.158. The molecule has 0 unspecified atom stereocenters. The molecule has 0 spiro atoms. The maximum atomic E-state index is 9.40. The number of anilines is 2. The molecule has 1 N–H and O–H groups in total. The molecule has 1 aromatic heterocycles. The standard InChI is InChI=1S/C19H17N3O.ClH/c1-12-4-5-15(8-13(12)2)22-19-14(10-20)11-21-18-9-16(23-3)6-7-17(18)19;/h4-9,11H,1-3H3,(H,21,22);1H. The van der Waals surface area contributed by atoms with E-state index in [2.05, 4.69) is 42.4 Å². The monoisotopic (exact) mass is 339 g/mol. The average molecular weight is 340 g/mol. The Hall–Kier alpha value is -2.77. The van der Waals surface area contributed by atoms with Gasteiger partial charge in [-0.15, -0.1) is 12.4 Å². The van der Waals surface area contributed by atoms with Crippen molar-refractivity contribution in [3.63, 3.8) is 0 Å². The van der Waals surface area contributed by atoms with E-state index in [0.29, 0.717) is 5.56 Å². The molecule has 4 nitrogen and oxygen atoms in total. The number of nitrogens with zero attached hydrogens (tertiary/aromatic N) is 2. The molecule has 3 aromatic rings. The van der Waals surface area contributed by atoms with E-state index in [4.69, 9.17) is 4.74 Å². The highest BCUT2D eigenvalue weighted by Gasteiger charge is 2.10. The lowest BCUT2D eigenvalue weighted by atomic mass is 10.1. The summed E-state index contributed by atoms with van der Waals surface area (Å²) < 4.78 is 5.24. The van der Waals surface area contributed by atoms with Gasteiger partial charge in [-0.2, -0.15) is 5.26 Å². The second-order valence-electron chi connectivity index (χ2n) is 5.47. The van der Waals surface area contributed by atoms with Crippen molar-refractivity contribution >= 4 is 34.7 Å². The van der Waals surface area contributed by atoms with Crippen molar-refractivity contribution in [1.29, 1.82) is 5.26 Å². The van der Waals surface area contributed by atoms with E-state index in [9.17, 15) is 5.26 Å². The molecule has 2 aromatic carbocycles. The van der Waals surface area contributed by atoms with Crippen LogP contribution in [0, 0.1) is 25.2 Å². The van der Waals surface area contributed by atoms with Gasteiger partial charge in [-0.3, -0.25) is 4.98 Å². The van der Waals surface area contributed by atoms with Crippen molar-refractivity contribution in [2.45, 2.75) is 13.8 Å². The van der Waals surface area contributed by atoms with Gasteiger partial charge >= 0.3 is 0 Å². The predicted molar refractivity (Wildman–Crippen MR) is 99.5 cm³/mol. The molecule has 5 heteroatoms. The number of halogens is 1. The van der Waals surface area contributed by atoms with Crippen LogP contribution in [-0.2, 0) is 0 Å². The van der Waals surface area contributed by atoms with Crippen molar-refractivity contribution in [2.75, 3.05) is 12.4 Å². The summed E-state index contributed by atoms with van der Waals surface area (Å²) in [7, 11) is 1.62. The number of hydrogen-bond donors (Lipinski definition) is 1. The molecule has 0 saturated heterocycles. The number of nitriles is 1. The van der Waals surface area contributed by atoms with Crippen LogP contribution in [0.25, 0.3) is 10.9 Å². The van der Waals surface area contributed by atoms with E-state index in [1.165, 1.54) is 11.1 Å². The minimum absolute atomic E-state index is 0. The molecule has 0 aliphatic rings. The Bertz CT molecular complexity index is 932. The smallest absolute Gasteiger partial charge is 0.121 e. The van der Waals surface area contributed by atoms with Gasteiger partial charge in [0.25, 0.3) is 0 Å². The zero-order valence-electron chi connectivity index (χ0n) is 13.8. The lowest BCUT2D eigenvalue weighted by molar-refractivity contribution is 0.415. The summed E-state index contributed by atoms with van der Waals surface area (Å²) in [5.74, 6) is 0.742. The molecule has 0 aliphatic carbocycles. The van der Waals surface area contributed by atoms with Crippen LogP contribution in [0.4, 0.5) is 11.4 Å². The van der Waals surface area contributed by atoms with Crippen molar-refractivity contribution < 1.29 is 4.74 Å². The molecule has 0 atom stereocenters. The molecule has 0 saturated carbocycles. The molecule has 0 fully saturated rings. The normalized spacial score (nSPS) is 9.92. The SMILES string of the molecule is COc1ccc2c(Nc3ccc(C)c(C)c3)c(C#N)cnc2c1.Cl. The zero-order valence-corrected chi connectivity index (χ0v) is 14.6. The maximum Gasteiger partial charge on any atom is 0.121 e. The second kappa shape index (κ2) is 7.20. The number of hydrogen-bond acceptors (Lipinski definition) is 4. The van der Waals surface area contributed by atoms with Crippen LogP contribution < -0.4 is 10.1 Å². The van der Waals surface area contributed by atoms with Gasteiger partial charge in [0.15, 0.2) is 0 Å². The quantitative estimate of drug-likeness (QED) is 0.737. The van der Waals surface area contributed by atoms with E-state index >= 15 is 0 Å².